The average molecular weight is 318 g/mol. The molecule has 23 heavy (non-hydrogen) atoms. The fraction of sp³-hybridized carbons (Fsp3) is 0.368. The van der Waals surface area contributed by atoms with Crippen molar-refractivity contribution < 1.29 is 19.9 Å². The Bertz CT molecular complexity index is 499. The second-order valence-corrected chi connectivity index (χ2v) is 6.10. The van der Waals surface area contributed by atoms with Crippen molar-refractivity contribution in [3.05, 3.63) is 71.8 Å². The van der Waals surface area contributed by atoms with Gasteiger partial charge in [0.2, 0.25) is 0 Å². The van der Waals surface area contributed by atoms with Crippen LogP contribution in [0.5, 0.6) is 0 Å². The van der Waals surface area contributed by atoms with E-state index in [4.69, 9.17) is 15.0 Å². The Labute approximate surface area is 138 Å². The fourth-order valence-corrected chi connectivity index (χ4v) is 1.98. The molecular weight excluding hydrogens is 292 g/mol. The third-order valence-corrected chi connectivity index (χ3v) is 3.40. The molecule has 0 spiro atoms. The van der Waals surface area contributed by atoms with E-state index in [0.717, 1.165) is 11.1 Å². The number of hydrogen-bond acceptors (Lipinski definition) is 4. The van der Waals surface area contributed by atoms with Crippen molar-refractivity contribution in [2.24, 2.45) is 0 Å². The van der Waals surface area contributed by atoms with Crippen molar-refractivity contribution in [3.63, 3.8) is 0 Å². The van der Waals surface area contributed by atoms with E-state index in [1.807, 2.05) is 88.4 Å². The summed E-state index contributed by atoms with van der Waals surface area (Å²) in [6, 6.07) is 20.2. The fourth-order valence-electron chi connectivity index (χ4n) is 1.98. The Morgan fingerprint density at radius 1 is 0.652 bits per heavy atom. The Morgan fingerprint density at radius 2 is 0.913 bits per heavy atom. The maximum absolute atomic E-state index is 7.07. The number of benzene rings is 2. The molecule has 0 aliphatic carbocycles. The van der Waals surface area contributed by atoms with Crippen molar-refractivity contribution in [2.45, 2.75) is 38.9 Å². The summed E-state index contributed by atoms with van der Waals surface area (Å²) in [7, 11) is 1.18. The van der Waals surface area contributed by atoms with Gasteiger partial charge in [-0.15, -0.1) is 0 Å². The lowest BCUT2D eigenvalue weighted by Gasteiger charge is -2.31. The number of hydrogen-bond donors (Lipinski definition) is 1. The van der Waals surface area contributed by atoms with Gasteiger partial charge in [0.25, 0.3) is 0 Å². The first kappa shape index (κ1) is 19.3. The maximum atomic E-state index is 7.07. The predicted octanol–water partition coefficient (Wildman–Crippen LogP) is 4.91. The third kappa shape index (κ3) is 6.12. The molecule has 0 saturated carbocycles. The molecule has 4 heteroatoms. The van der Waals surface area contributed by atoms with E-state index in [2.05, 4.69) is 4.89 Å². The second kappa shape index (κ2) is 8.79. The zero-order valence-electron chi connectivity index (χ0n) is 14.4. The molecule has 2 aromatic carbocycles. The van der Waals surface area contributed by atoms with Crippen LogP contribution in [0.2, 0.25) is 0 Å². The molecule has 2 aromatic rings. The van der Waals surface area contributed by atoms with Crippen LogP contribution in [0.1, 0.15) is 38.8 Å². The van der Waals surface area contributed by atoms with Gasteiger partial charge in [-0.1, -0.05) is 60.7 Å². The average Bonchev–Trinajstić information content (AvgIpc) is 2.56. The lowest BCUT2D eigenvalue weighted by atomic mass is 9.98. The standard InChI is InChI=1S/C18H22O2.CH4O2/c1-17(2,15-11-7-5-8-12-15)19-20-18(3,4)16-13-9-6-10-14-16;1-3-2/h5-14H,1-4H3;2H,1H3. The molecule has 1 N–H and O–H groups in total. The van der Waals surface area contributed by atoms with Crippen LogP contribution in [-0.2, 0) is 25.9 Å². The summed E-state index contributed by atoms with van der Waals surface area (Å²) < 4.78 is 0. The Balaban J connectivity index is 0.000000816. The van der Waals surface area contributed by atoms with Gasteiger partial charge in [-0.25, -0.2) is 14.7 Å². The summed E-state index contributed by atoms with van der Waals surface area (Å²) in [5, 5.41) is 7.07. The van der Waals surface area contributed by atoms with Crippen LogP contribution >= 0.6 is 0 Å². The van der Waals surface area contributed by atoms with Gasteiger partial charge in [-0.3, -0.25) is 5.26 Å². The normalized spacial score (nSPS) is 11.6. The van der Waals surface area contributed by atoms with Crippen LogP contribution in [0.4, 0.5) is 0 Å². The van der Waals surface area contributed by atoms with Crippen LogP contribution in [0.3, 0.4) is 0 Å². The quantitative estimate of drug-likeness (QED) is 0.628. The molecular formula is C19H26O4. The smallest absolute Gasteiger partial charge is 0.123 e. The van der Waals surface area contributed by atoms with Crippen LogP contribution < -0.4 is 0 Å². The summed E-state index contributed by atoms with van der Waals surface area (Å²) in [5.74, 6) is 0. The molecule has 0 radical (unpaired) electrons. The molecule has 0 saturated heterocycles. The minimum Gasteiger partial charge on any atom is -0.252 e. The maximum Gasteiger partial charge on any atom is 0.123 e. The summed E-state index contributed by atoms with van der Waals surface area (Å²) >= 11 is 0. The molecule has 2 rings (SSSR count). The van der Waals surface area contributed by atoms with E-state index < -0.39 is 11.2 Å². The Morgan fingerprint density at radius 3 is 1.17 bits per heavy atom. The van der Waals surface area contributed by atoms with Crippen LogP contribution in [0.25, 0.3) is 0 Å². The molecule has 0 atom stereocenters. The summed E-state index contributed by atoms with van der Waals surface area (Å²) in [4.78, 5) is 14.7. The summed E-state index contributed by atoms with van der Waals surface area (Å²) in [6.07, 6.45) is 0. The van der Waals surface area contributed by atoms with Crippen molar-refractivity contribution in [3.8, 4) is 0 Å². The van der Waals surface area contributed by atoms with Gasteiger partial charge in [0.05, 0.1) is 7.11 Å². The molecule has 0 bridgehead atoms. The first-order valence-electron chi connectivity index (χ1n) is 7.49. The van der Waals surface area contributed by atoms with E-state index in [1.54, 1.807) is 0 Å². The van der Waals surface area contributed by atoms with Crippen molar-refractivity contribution in [1.82, 2.24) is 0 Å². The topological polar surface area (TPSA) is 47.9 Å². The largest absolute Gasteiger partial charge is 0.252 e. The summed E-state index contributed by atoms with van der Waals surface area (Å²) in [5.41, 5.74) is 1.19. The highest BCUT2D eigenvalue weighted by molar-refractivity contribution is 5.22. The van der Waals surface area contributed by atoms with Crippen LogP contribution in [0, 0.1) is 0 Å². The molecule has 4 nitrogen and oxygen atoms in total. The van der Waals surface area contributed by atoms with Gasteiger partial charge in [0.15, 0.2) is 0 Å². The van der Waals surface area contributed by atoms with E-state index in [9.17, 15) is 0 Å². The lowest BCUT2D eigenvalue weighted by Crippen LogP contribution is -2.29. The SMILES string of the molecule is CC(C)(OOC(C)(C)c1ccccc1)c1ccccc1.COO. The van der Waals surface area contributed by atoms with E-state index in [1.165, 1.54) is 7.11 Å². The summed E-state index contributed by atoms with van der Waals surface area (Å²) in [6.45, 7) is 8.01. The van der Waals surface area contributed by atoms with E-state index >= 15 is 0 Å². The van der Waals surface area contributed by atoms with Gasteiger partial charge in [-0.2, -0.15) is 0 Å². The van der Waals surface area contributed by atoms with Crippen LogP contribution in [0.15, 0.2) is 60.7 Å². The van der Waals surface area contributed by atoms with Gasteiger partial charge in [0.1, 0.15) is 11.2 Å². The third-order valence-electron chi connectivity index (χ3n) is 3.40. The minimum atomic E-state index is -0.493. The van der Waals surface area contributed by atoms with E-state index in [-0.39, 0.29) is 0 Å². The molecule has 0 heterocycles. The van der Waals surface area contributed by atoms with Crippen LogP contribution in [-0.4, -0.2) is 12.4 Å². The van der Waals surface area contributed by atoms with Crippen molar-refractivity contribution in [2.75, 3.05) is 7.11 Å². The number of rotatable bonds is 5. The molecule has 0 aliphatic rings. The first-order chi connectivity index (χ1) is 10.8. The molecule has 0 aliphatic heterocycles. The highest BCUT2D eigenvalue weighted by Gasteiger charge is 2.29. The molecule has 126 valence electrons. The van der Waals surface area contributed by atoms with Crippen molar-refractivity contribution >= 4 is 0 Å². The predicted molar refractivity (Wildman–Crippen MR) is 90.7 cm³/mol. The highest BCUT2D eigenvalue weighted by Crippen LogP contribution is 2.31. The van der Waals surface area contributed by atoms with Gasteiger partial charge in [0, 0.05) is 0 Å². The van der Waals surface area contributed by atoms with Gasteiger partial charge < -0.3 is 0 Å². The Kier molecular flexibility index (Phi) is 7.39. The lowest BCUT2D eigenvalue weighted by molar-refractivity contribution is -0.410. The van der Waals surface area contributed by atoms with Crippen molar-refractivity contribution in [1.29, 1.82) is 0 Å². The zero-order chi connectivity index (χ0) is 17.3. The molecule has 0 amide bonds. The van der Waals surface area contributed by atoms with Gasteiger partial charge >= 0.3 is 0 Å². The van der Waals surface area contributed by atoms with Gasteiger partial charge in [-0.05, 0) is 38.8 Å². The minimum absolute atomic E-state index is 0.493. The molecule has 0 fully saturated rings. The molecule has 0 unspecified atom stereocenters. The monoisotopic (exact) mass is 318 g/mol. The highest BCUT2D eigenvalue weighted by atomic mass is 17.2. The van der Waals surface area contributed by atoms with E-state index in [0.29, 0.717) is 0 Å². The second-order valence-electron chi connectivity index (χ2n) is 6.10. The molecule has 0 aromatic heterocycles. The zero-order valence-corrected chi connectivity index (χ0v) is 14.4. The Hall–Kier alpha value is -1.72. The first-order valence-corrected chi connectivity index (χ1v) is 7.49.